The van der Waals surface area contributed by atoms with Crippen LogP contribution in [-0.4, -0.2) is 0 Å². The van der Waals surface area contributed by atoms with Gasteiger partial charge in [-0.1, -0.05) is 212 Å². The number of rotatable bonds is 10. The summed E-state index contributed by atoms with van der Waals surface area (Å²) in [6.45, 7) is 0. The number of anilines is 3. The molecule has 0 amide bonds. The smallest absolute Gasteiger partial charge is 0.0540 e. The molecular formula is C66H45NS. The average Bonchev–Trinajstić information content (AvgIpc) is 3.81. The number of nitrogens with zero attached hydrogens (tertiary/aromatic N) is 1. The second kappa shape index (κ2) is 18.0. The zero-order chi connectivity index (χ0) is 45.2. The summed E-state index contributed by atoms with van der Waals surface area (Å²) in [5.74, 6) is 0. The lowest BCUT2D eigenvalue weighted by Crippen LogP contribution is -2.11. The lowest BCUT2D eigenvalue weighted by atomic mass is 9.88. The number of thiophene rings is 1. The number of para-hydroxylation sites is 1. The summed E-state index contributed by atoms with van der Waals surface area (Å²) in [4.78, 5) is 2.43. The standard InChI is InChI=1S/C66H45NS/c1-4-19-46(20-5-1)51-43-52(47-21-6-2-7-22-47)45-53(44-51)48-35-39-54(40-36-48)67(55-41-37-50(38-42-55)57-31-18-34-65-66(57)62-30-15-17-33-64(62)68-65)63-32-16-14-29-61(63)60-28-13-12-27-59(60)58-26-11-10-25-56(58)49-23-8-3-9-24-49/h1-45H. The minimum atomic E-state index is 1.07. The molecule has 2 heteroatoms. The minimum absolute atomic E-state index is 1.07. The van der Waals surface area contributed by atoms with Crippen LogP contribution in [0.2, 0.25) is 0 Å². The van der Waals surface area contributed by atoms with Crippen molar-refractivity contribution < 1.29 is 0 Å². The van der Waals surface area contributed by atoms with Crippen molar-refractivity contribution in [3.63, 3.8) is 0 Å². The van der Waals surface area contributed by atoms with Crippen LogP contribution in [0.5, 0.6) is 0 Å². The fourth-order valence-electron chi connectivity index (χ4n) is 9.86. The molecule has 12 aromatic rings. The molecule has 0 spiro atoms. The molecule has 12 rings (SSSR count). The Bertz CT molecular complexity index is 3650. The van der Waals surface area contributed by atoms with E-state index in [9.17, 15) is 0 Å². The zero-order valence-corrected chi connectivity index (χ0v) is 38.2. The van der Waals surface area contributed by atoms with Crippen molar-refractivity contribution in [2.24, 2.45) is 0 Å². The third kappa shape index (κ3) is 7.77. The van der Waals surface area contributed by atoms with Crippen LogP contribution in [0.1, 0.15) is 0 Å². The fourth-order valence-corrected chi connectivity index (χ4v) is 11.0. The van der Waals surface area contributed by atoms with E-state index in [4.69, 9.17) is 0 Å². The van der Waals surface area contributed by atoms with Crippen molar-refractivity contribution in [3.8, 4) is 77.9 Å². The normalized spacial score (nSPS) is 11.2. The van der Waals surface area contributed by atoms with Crippen LogP contribution in [0.15, 0.2) is 273 Å². The van der Waals surface area contributed by atoms with Crippen LogP contribution in [0.4, 0.5) is 17.1 Å². The van der Waals surface area contributed by atoms with Gasteiger partial charge in [0.1, 0.15) is 0 Å². The highest BCUT2D eigenvalue weighted by Crippen LogP contribution is 2.47. The van der Waals surface area contributed by atoms with Crippen LogP contribution in [0.3, 0.4) is 0 Å². The maximum absolute atomic E-state index is 2.43. The van der Waals surface area contributed by atoms with Crippen LogP contribution < -0.4 is 4.90 Å². The van der Waals surface area contributed by atoms with E-state index >= 15 is 0 Å². The summed E-state index contributed by atoms with van der Waals surface area (Å²) in [7, 11) is 0. The molecule has 320 valence electrons. The van der Waals surface area contributed by atoms with Gasteiger partial charge in [-0.15, -0.1) is 11.3 Å². The van der Waals surface area contributed by atoms with Gasteiger partial charge < -0.3 is 4.90 Å². The highest BCUT2D eigenvalue weighted by Gasteiger charge is 2.21. The molecule has 0 aliphatic rings. The van der Waals surface area contributed by atoms with Gasteiger partial charge in [0, 0.05) is 37.1 Å². The van der Waals surface area contributed by atoms with E-state index in [1.165, 1.54) is 86.9 Å². The van der Waals surface area contributed by atoms with Gasteiger partial charge >= 0.3 is 0 Å². The Morgan fingerprint density at radius 3 is 1.21 bits per heavy atom. The van der Waals surface area contributed by atoms with Crippen molar-refractivity contribution in [3.05, 3.63) is 273 Å². The minimum Gasteiger partial charge on any atom is -0.310 e. The quantitative estimate of drug-likeness (QED) is 0.132. The first kappa shape index (κ1) is 40.9. The molecule has 68 heavy (non-hydrogen) atoms. The molecule has 0 atom stereocenters. The fraction of sp³-hybridized carbons (Fsp3) is 0. The molecular weight excluding hydrogens is 839 g/mol. The maximum atomic E-state index is 2.43. The highest BCUT2D eigenvalue weighted by molar-refractivity contribution is 7.25. The van der Waals surface area contributed by atoms with E-state index < -0.39 is 0 Å². The molecule has 0 fully saturated rings. The Morgan fingerprint density at radius 2 is 0.618 bits per heavy atom. The third-order valence-electron chi connectivity index (χ3n) is 13.1. The summed E-state index contributed by atoms with van der Waals surface area (Å²) in [5.41, 5.74) is 19.9. The summed E-state index contributed by atoms with van der Waals surface area (Å²) < 4.78 is 2.62. The van der Waals surface area contributed by atoms with Gasteiger partial charge in [-0.3, -0.25) is 0 Å². The van der Waals surface area contributed by atoms with Crippen LogP contribution in [0, 0.1) is 0 Å². The molecule has 0 aliphatic carbocycles. The molecule has 0 saturated carbocycles. The first-order valence-electron chi connectivity index (χ1n) is 23.2. The second-order valence-electron chi connectivity index (χ2n) is 17.2. The Balaban J connectivity index is 1.01. The van der Waals surface area contributed by atoms with Crippen molar-refractivity contribution in [2.75, 3.05) is 4.90 Å². The van der Waals surface area contributed by atoms with Gasteiger partial charge in [-0.25, -0.2) is 0 Å². The van der Waals surface area contributed by atoms with E-state index in [0.717, 1.165) is 28.2 Å². The predicted molar refractivity (Wildman–Crippen MR) is 292 cm³/mol. The molecule has 0 aliphatic heterocycles. The average molecular weight is 884 g/mol. The van der Waals surface area contributed by atoms with Gasteiger partial charge in [-0.05, 0) is 133 Å². The maximum Gasteiger partial charge on any atom is 0.0540 e. The topological polar surface area (TPSA) is 3.24 Å². The van der Waals surface area contributed by atoms with E-state index in [-0.39, 0.29) is 0 Å². The third-order valence-corrected chi connectivity index (χ3v) is 14.2. The number of hydrogen-bond acceptors (Lipinski definition) is 2. The first-order chi connectivity index (χ1) is 33.7. The SMILES string of the molecule is c1ccc(-c2cc(-c3ccccc3)cc(-c3ccc(N(c4ccc(-c5cccc6sc7ccccc7c56)cc4)c4ccccc4-c4ccccc4-c4ccccc4-c4ccccc4)cc3)c2)cc1. The molecule has 0 unspecified atom stereocenters. The van der Waals surface area contributed by atoms with Gasteiger partial charge in [-0.2, -0.15) is 0 Å². The Labute approximate surface area is 402 Å². The van der Waals surface area contributed by atoms with Crippen molar-refractivity contribution in [1.29, 1.82) is 0 Å². The molecule has 0 radical (unpaired) electrons. The summed E-state index contributed by atoms with van der Waals surface area (Å²) >= 11 is 1.86. The van der Waals surface area contributed by atoms with Gasteiger partial charge in [0.05, 0.1) is 5.69 Å². The van der Waals surface area contributed by atoms with E-state index in [1.807, 2.05) is 11.3 Å². The van der Waals surface area contributed by atoms with Crippen molar-refractivity contribution in [2.45, 2.75) is 0 Å². The Morgan fingerprint density at radius 1 is 0.235 bits per heavy atom. The largest absolute Gasteiger partial charge is 0.310 e. The second-order valence-corrected chi connectivity index (χ2v) is 18.3. The molecule has 1 aromatic heterocycles. The summed E-state index contributed by atoms with van der Waals surface area (Å²) in [6.07, 6.45) is 0. The van der Waals surface area contributed by atoms with Crippen LogP contribution in [0.25, 0.3) is 98.1 Å². The first-order valence-corrected chi connectivity index (χ1v) is 24.1. The highest BCUT2D eigenvalue weighted by atomic mass is 32.1. The van der Waals surface area contributed by atoms with Crippen LogP contribution in [-0.2, 0) is 0 Å². The lowest BCUT2D eigenvalue weighted by Gasteiger charge is -2.29. The molecule has 0 bridgehead atoms. The lowest BCUT2D eigenvalue weighted by molar-refractivity contribution is 1.28. The number of hydrogen-bond donors (Lipinski definition) is 0. The Kier molecular flexibility index (Phi) is 10.8. The number of fused-ring (bicyclic) bond motifs is 3. The van der Waals surface area contributed by atoms with E-state index in [0.29, 0.717) is 0 Å². The Hall–Kier alpha value is -8.56. The molecule has 1 nitrogen and oxygen atoms in total. The summed E-state index contributed by atoms with van der Waals surface area (Å²) in [5, 5.41) is 2.62. The van der Waals surface area contributed by atoms with Crippen molar-refractivity contribution >= 4 is 48.6 Å². The molecule has 0 N–H and O–H groups in total. The van der Waals surface area contributed by atoms with Crippen molar-refractivity contribution in [1.82, 2.24) is 0 Å². The van der Waals surface area contributed by atoms with Gasteiger partial charge in [0.2, 0.25) is 0 Å². The van der Waals surface area contributed by atoms with E-state index in [2.05, 4.69) is 278 Å². The molecule has 1 heterocycles. The van der Waals surface area contributed by atoms with Crippen LogP contribution >= 0.6 is 11.3 Å². The molecule has 0 saturated heterocycles. The van der Waals surface area contributed by atoms with Gasteiger partial charge in [0.25, 0.3) is 0 Å². The summed E-state index contributed by atoms with van der Waals surface area (Å²) in [6, 6.07) is 99.4. The predicted octanol–water partition coefficient (Wildman–Crippen LogP) is 19.2. The van der Waals surface area contributed by atoms with Gasteiger partial charge in [0.15, 0.2) is 0 Å². The zero-order valence-electron chi connectivity index (χ0n) is 37.3. The monoisotopic (exact) mass is 883 g/mol. The number of benzene rings is 11. The molecule has 11 aromatic carbocycles. The van der Waals surface area contributed by atoms with E-state index in [1.54, 1.807) is 0 Å².